The predicted molar refractivity (Wildman–Crippen MR) is 67.4 cm³/mol. The second-order valence-electron chi connectivity index (χ2n) is 3.46. The van der Waals surface area contributed by atoms with Gasteiger partial charge >= 0.3 is 5.97 Å². The van der Waals surface area contributed by atoms with Gasteiger partial charge in [-0.15, -0.1) is 11.3 Å². The Labute approximate surface area is 106 Å². The number of carbonyl (C=O) groups is 2. The molecule has 0 unspecified atom stereocenters. The summed E-state index contributed by atoms with van der Waals surface area (Å²) in [6.07, 6.45) is 3.88. The summed E-state index contributed by atoms with van der Waals surface area (Å²) in [7, 11) is 0. The first-order chi connectivity index (χ1) is 8.59. The fourth-order valence-electron chi connectivity index (χ4n) is 1.48. The van der Waals surface area contributed by atoms with Crippen LogP contribution in [0.4, 0.5) is 0 Å². The molecule has 0 radical (unpaired) electrons. The first kappa shape index (κ1) is 12.1. The highest BCUT2D eigenvalue weighted by atomic mass is 32.1. The number of aromatic nitrogens is 1. The van der Waals surface area contributed by atoms with Crippen molar-refractivity contribution in [3.05, 3.63) is 41.5 Å². The van der Waals surface area contributed by atoms with Crippen LogP contribution in [0.25, 0.3) is 16.2 Å². The zero-order valence-corrected chi connectivity index (χ0v) is 9.90. The average Bonchev–Trinajstić information content (AvgIpc) is 2.99. The number of rotatable bonds is 4. The van der Waals surface area contributed by atoms with Crippen molar-refractivity contribution in [3.63, 3.8) is 0 Å². The van der Waals surface area contributed by atoms with Gasteiger partial charge in [0, 0.05) is 34.5 Å². The summed E-state index contributed by atoms with van der Waals surface area (Å²) in [4.78, 5) is 25.1. The summed E-state index contributed by atoms with van der Waals surface area (Å²) in [5.74, 6) is -3.13. The quantitative estimate of drug-likeness (QED) is 0.448. The number of hydrogen-bond acceptors (Lipinski definition) is 4. The van der Waals surface area contributed by atoms with Gasteiger partial charge in [-0.2, -0.15) is 0 Å². The van der Waals surface area contributed by atoms with Gasteiger partial charge in [0.15, 0.2) is 0 Å². The van der Waals surface area contributed by atoms with Gasteiger partial charge < -0.3 is 15.2 Å². The molecule has 0 fully saturated rings. The molecule has 0 saturated carbocycles. The zero-order chi connectivity index (χ0) is 13.1. The molecule has 2 rings (SSSR count). The number of ketones is 1. The van der Waals surface area contributed by atoms with E-state index < -0.39 is 11.8 Å². The molecule has 0 saturated heterocycles. The lowest BCUT2D eigenvalue weighted by Gasteiger charge is -2.00. The molecule has 5 nitrogen and oxygen atoms in total. The Morgan fingerprint density at radius 1 is 1.28 bits per heavy atom. The van der Waals surface area contributed by atoms with Crippen molar-refractivity contribution in [2.24, 2.45) is 0 Å². The number of aliphatic hydroxyl groups is 1. The SMILES string of the molecule is O=C(O)C(=O)C=C(O)c1c[nH]cc1-c1cccs1. The van der Waals surface area contributed by atoms with E-state index in [0.29, 0.717) is 11.6 Å². The van der Waals surface area contributed by atoms with E-state index in [-0.39, 0.29) is 5.76 Å². The Kier molecular flexibility index (Phi) is 3.29. The molecule has 0 aliphatic rings. The van der Waals surface area contributed by atoms with Crippen LogP contribution in [0.5, 0.6) is 0 Å². The number of carboxylic acid groups (broad SMARTS) is 1. The van der Waals surface area contributed by atoms with Crippen molar-refractivity contribution in [2.75, 3.05) is 0 Å². The number of carboxylic acids is 1. The molecule has 18 heavy (non-hydrogen) atoms. The van der Waals surface area contributed by atoms with Crippen LogP contribution in [0.15, 0.2) is 36.0 Å². The van der Waals surface area contributed by atoms with Crippen molar-refractivity contribution >= 4 is 28.8 Å². The number of hydrogen-bond donors (Lipinski definition) is 3. The standard InChI is InChI=1S/C12H9NO4S/c14-9(4-10(15)12(16)17)7-5-13-6-8(7)11-2-1-3-18-11/h1-6,13-14H,(H,16,17). The molecule has 2 heterocycles. The number of aliphatic carboxylic acids is 1. The van der Waals surface area contributed by atoms with Crippen LogP contribution in [-0.2, 0) is 9.59 Å². The molecule has 0 aliphatic heterocycles. The summed E-state index contributed by atoms with van der Waals surface area (Å²) in [5.41, 5.74) is 1.11. The van der Waals surface area contributed by atoms with Gasteiger partial charge in [-0.05, 0) is 11.4 Å². The zero-order valence-electron chi connectivity index (χ0n) is 9.08. The van der Waals surface area contributed by atoms with Crippen LogP contribution in [0.1, 0.15) is 5.56 Å². The molecule has 6 heteroatoms. The summed E-state index contributed by atoms with van der Waals surface area (Å²) >= 11 is 1.48. The molecular formula is C12H9NO4S. The highest BCUT2D eigenvalue weighted by Gasteiger charge is 2.14. The van der Waals surface area contributed by atoms with Gasteiger partial charge in [0.2, 0.25) is 0 Å². The van der Waals surface area contributed by atoms with E-state index in [9.17, 15) is 14.7 Å². The maximum atomic E-state index is 11.0. The van der Waals surface area contributed by atoms with E-state index >= 15 is 0 Å². The largest absolute Gasteiger partial charge is 0.507 e. The van der Waals surface area contributed by atoms with Gasteiger partial charge in [0.25, 0.3) is 5.78 Å². The van der Waals surface area contributed by atoms with Gasteiger partial charge in [0.1, 0.15) is 5.76 Å². The monoisotopic (exact) mass is 263 g/mol. The molecule has 3 N–H and O–H groups in total. The lowest BCUT2D eigenvalue weighted by Crippen LogP contribution is -2.09. The van der Waals surface area contributed by atoms with Crippen molar-refractivity contribution in [3.8, 4) is 10.4 Å². The van der Waals surface area contributed by atoms with E-state index in [1.165, 1.54) is 17.5 Å². The molecule has 0 amide bonds. The molecular weight excluding hydrogens is 254 g/mol. The molecule has 0 spiro atoms. The summed E-state index contributed by atoms with van der Waals surface area (Å²) < 4.78 is 0. The highest BCUT2D eigenvalue weighted by molar-refractivity contribution is 7.13. The summed E-state index contributed by atoms with van der Waals surface area (Å²) in [6.45, 7) is 0. The number of nitrogens with one attached hydrogen (secondary N) is 1. The van der Waals surface area contributed by atoms with Crippen LogP contribution in [0.2, 0.25) is 0 Å². The molecule has 0 aliphatic carbocycles. The van der Waals surface area contributed by atoms with E-state index in [4.69, 9.17) is 5.11 Å². The van der Waals surface area contributed by atoms with Crippen LogP contribution >= 0.6 is 11.3 Å². The Bertz CT molecular complexity index is 610. The Hall–Kier alpha value is -2.34. The fourth-order valence-corrected chi connectivity index (χ4v) is 2.23. The minimum absolute atomic E-state index is 0.368. The number of carbonyl (C=O) groups excluding carboxylic acids is 1. The average molecular weight is 263 g/mol. The molecule has 0 atom stereocenters. The molecule has 0 bridgehead atoms. The third-order valence-electron chi connectivity index (χ3n) is 2.29. The Balaban J connectivity index is 2.38. The minimum atomic E-state index is -1.60. The third kappa shape index (κ3) is 2.33. The molecule has 0 aromatic carbocycles. The highest BCUT2D eigenvalue weighted by Crippen LogP contribution is 2.30. The summed E-state index contributed by atoms with van der Waals surface area (Å²) in [6, 6.07) is 3.73. The third-order valence-corrected chi connectivity index (χ3v) is 3.19. The smallest absolute Gasteiger partial charge is 0.376 e. The number of aromatic amines is 1. The fraction of sp³-hybridized carbons (Fsp3) is 0. The summed E-state index contributed by atoms with van der Waals surface area (Å²) in [5, 5.41) is 20.1. The van der Waals surface area contributed by atoms with E-state index in [1.807, 2.05) is 17.5 Å². The second kappa shape index (κ2) is 4.89. The van der Waals surface area contributed by atoms with Gasteiger partial charge in [0.05, 0.1) is 0 Å². The van der Waals surface area contributed by atoms with Gasteiger partial charge in [-0.3, -0.25) is 4.79 Å². The Morgan fingerprint density at radius 2 is 2.06 bits per heavy atom. The second-order valence-corrected chi connectivity index (χ2v) is 4.41. The predicted octanol–water partition coefficient (Wildman–Crippen LogP) is 2.30. The van der Waals surface area contributed by atoms with Crippen LogP contribution in [0.3, 0.4) is 0 Å². The molecule has 92 valence electrons. The topological polar surface area (TPSA) is 90.4 Å². The van der Waals surface area contributed by atoms with Crippen molar-refractivity contribution in [1.29, 1.82) is 0 Å². The maximum Gasteiger partial charge on any atom is 0.376 e. The minimum Gasteiger partial charge on any atom is -0.507 e. The maximum absolute atomic E-state index is 11.0. The lowest BCUT2D eigenvalue weighted by atomic mass is 10.1. The van der Waals surface area contributed by atoms with E-state index in [0.717, 1.165) is 10.4 Å². The van der Waals surface area contributed by atoms with Crippen molar-refractivity contribution in [2.45, 2.75) is 0 Å². The van der Waals surface area contributed by atoms with E-state index in [2.05, 4.69) is 4.98 Å². The van der Waals surface area contributed by atoms with Gasteiger partial charge in [-0.25, -0.2) is 4.79 Å². The van der Waals surface area contributed by atoms with Gasteiger partial charge in [-0.1, -0.05) is 6.07 Å². The first-order valence-electron chi connectivity index (χ1n) is 4.98. The molecule has 2 aromatic rings. The van der Waals surface area contributed by atoms with Crippen LogP contribution in [-0.4, -0.2) is 26.9 Å². The lowest BCUT2D eigenvalue weighted by molar-refractivity contribution is -0.146. The first-order valence-corrected chi connectivity index (χ1v) is 5.86. The Morgan fingerprint density at radius 3 is 2.67 bits per heavy atom. The van der Waals surface area contributed by atoms with E-state index in [1.54, 1.807) is 6.20 Å². The molecule has 2 aromatic heterocycles. The van der Waals surface area contributed by atoms with Crippen molar-refractivity contribution in [1.82, 2.24) is 4.98 Å². The van der Waals surface area contributed by atoms with Crippen molar-refractivity contribution < 1.29 is 19.8 Å². The number of H-pyrrole nitrogens is 1. The van der Waals surface area contributed by atoms with Crippen LogP contribution < -0.4 is 0 Å². The number of aliphatic hydroxyl groups excluding tert-OH is 1. The normalized spacial score (nSPS) is 11.4. The number of thiophene rings is 1. The van der Waals surface area contributed by atoms with Crippen LogP contribution in [0, 0.1) is 0 Å².